The van der Waals surface area contributed by atoms with Crippen LogP contribution in [0.1, 0.15) is 36.6 Å². The fraction of sp³-hybridized carbons (Fsp3) is 0.706. The summed E-state index contributed by atoms with van der Waals surface area (Å²) in [6.45, 7) is 3.38. The van der Waals surface area contributed by atoms with Crippen molar-refractivity contribution >= 4 is 5.91 Å². The summed E-state index contributed by atoms with van der Waals surface area (Å²) in [5.74, 6) is 0.281. The molecular weight excluding hydrogens is 306 g/mol. The smallest absolute Gasteiger partial charge is 0.249 e. The number of hydrogen-bond acceptors (Lipinski definition) is 5. The quantitative estimate of drug-likeness (QED) is 0.725. The van der Waals surface area contributed by atoms with Gasteiger partial charge < -0.3 is 14.5 Å². The highest BCUT2D eigenvalue weighted by Gasteiger charge is 2.33. The maximum Gasteiger partial charge on any atom is 0.249 e. The van der Waals surface area contributed by atoms with E-state index in [1.54, 1.807) is 0 Å². The number of amides is 1. The van der Waals surface area contributed by atoms with Gasteiger partial charge in [-0.1, -0.05) is 11.3 Å². The third kappa shape index (κ3) is 3.67. The van der Waals surface area contributed by atoms with E-state index in [1.807, 2.05) is 30.7 Å². The molecule has 0 saturated heterocycles. The normalized spacial score (nSPS) is 20.4. The number of ether oxygens (including phenoxy) is 1. The summed E-state index contributed by atoms with van der Waals surface area (Å²) in [4.78, 5) is 16.7. The van der Waals surface area contributed by atoms with Gasteiger partial charge in [-0.05, 0) is 33.4 Å². The lowest BCUT2D eigenvalue weighted by Crippen LogP contribution is -2.40. The van der Waals surface area contributed by atoms with Gasteiger partial charge in [-0.3, -0.25) is 9.48 Å². The molecule has 1 aliphatic carbocycles. The molecule has 2 heterocycles. The van der Waals surface area contributed by atoms with Crippen molar-refractivity contribution in [2.24, 2.45) is 7.05 Å². The molecule has 1 aromatic rings. The molecule has 3 rings (SSSR count). The maximum atomic E-state index is 12.7. The van der Waals surface area contributed by atoms with Crippen LogP contribution in [0.4, 0.5) is 0 Å². The Morgan fingerprint density at radius 2 is 2.29 bits per heavy atom. The summed E-state index contributed by atoms with van der Waals surface area (Å²) in [5, 5.41) is 8.40. The molecule has 1 atom stereocenters. The van der Waals surface area contributed by atoms with Crippen molar-refractivity contribution in [2.75, 3.05) is 40.4 Å². The maximum absolute atomic E-state index is 12.7. The van der Waals surface area contributed by atoms with Crippen LogP contribution >= 0.6 is 0 Å². The van der Waals surface area contributed by atoms with Crippen LogP contribution < -0.4 is 0 Å². The van der Waals surface area contributed by atoms with Gasteiger partial charge in [-0.25, -0.2) is 0 Å². The Labute approximate surface area is 143 Å². The van der Waals surface area contributed by atoms with E-state index in [0.29, 0.717) is 26.3 Å². The topological polar surface area (TPSA) is 63.5 Å². The minimum absolute atomic E-state index is 0.127. The molecule has 0 aromatic carbocycles. The third-order valence-corrected chi connectivity index (χ3v) is 4.72. The number of likely N-dealkylation sites (N-methyl/N-ethyl adjacent to an activating group) is 1. The number of carbonyl (C=O) groups is 1. The Kier molecular flexibility index (Phi) is 5.30. The van der Waals surface area contributed by atoms with Crippen molar-refractivity contribution in [3.05, 3.63) is 23.0 Å². The predicted molar refractivity (Wildman–Crippen MR) is 90.5 cm³/mol. The Hall–Kier alpha value is -1.73. The monoisotopic (exact) mass is 333 g/mol. The van der Waals surface area contributed by atoms with Crippen molar-refractivity contribution in [1.82, 2.24) is 24.8 Å². The van der Waals surface area contributed by atoms with Crippen LogP contribution in [0.2, 0.25) is 0 Å². The fourth-order valence-electron chi connectivity index (χ4n) is 3.44. The van der Waals surface area contributed by atoms with Gasteiger partial charge in [0, 0.05) is 31.6 Å². The van der Waals surface area contributed by atoms with Crippen LogP contribution in [-0.2, 0) is 23.1 Å². The zero-order valence-corrected chi connectivity index (χ0v) is 14.9. The molecule has 7 heteroatoms. The summed E-state index contributed by atoms with van der Waals surface area (Å²) < 4.78 is 7.68. The summed E-state index contributed by atoms with van der Waals surface area (Å²) in [5.41, 5.74) is 2.95. The minimum Gasteiger partial charge on any atom is -0.379 e. The first-order valence-corrected chi connectivity index (χ1v) is 8.65. The second-order valence-corrected chi connectivity index (χ2v) is 6.93. The fourth-order valence-corrected chi connectivity index (χ4v) is 3.44. The number of fused-ring (bicyclic) bond motifs is 1. The molecule has 1 aliphatic heterocycles. The molecule has 2 aliphatic rings. The molecule has 0 N–H and O–H groups in total. The number of aryl methyl sites for hydroxylation is 1. The molecule has 0 bridgehead atoms. The van der Waals surface area contributed by atoms with E-state index in [4.69, 9.17) is 4.74 Å². The average molecular weight is 333 g/mol. The van der Waals surface area contributed by atoms with Gasteiger partial charge in [0.1, 0.15) is 5.69 Å². The predicted octanol–water partition coefficient (Wildman–Crippen LogP) is 0.929. The van der Waals surface area contributed by atoms with Crippen LogP contribution in [-0.4, -0.2) is 71.1 Å². The van der Waals surface area contributed by atoms with Crippen LogP contribution in [0.15, 0.2) is 11.6 Å². The van der Waals surface area contributed by atoms with Gasteiger partial charge in [0.25, 0.3) is 0 Å². The first-order chi connectivity index (χ1) is 11.6. The van der Waals surface area contributed by atoms with Crippen LogP contribution in [0.3, 0.4) is 0 Å². The van der Waals surface area contributed by atoms with Crippen molar-refractivity contribution in [3.63, 3.8) is 0 Å². The average Bonchev–Trinajstić information content (AvgIpc) is 3.21. The summed E-state index contributed by atoms with van der Waals surface area (Å²) in [6.07, 6.45) is 5.08. The lowest BCUT2D eigenvalue weighted by atomic mass is 9.98. The number of allylic oxidation sites excluding steroid dienone is 1. The minimum atomic E-state index is 0.127. The highest BCUT2D eigenvalue weighted by atomic mass is 16.5. The van der Waals surface area contributed by atoms with Crippen molar-refractivity contribution in [3.8, 4) is 0 Å². The number of nitrogens with zero attached hydrogens (tertiary/aromatic N) is 5. The largest absolute Gasteiger partial charge is 0.379 e. The molecule has 0 radical (unpaired) electrons. The van der Waals surface area contributed by atoms with E-state index in [2.05, 4.69) is 21.3 Å². The van der Waals surface area contributed by atoms with Crippen LogP contribution in [0, 0.1) is 0 Å². The number of hydrogen-bond donors (Lipinski definition) is 0. The second kappa shape index (κ2) is 7.44. The van der Waals surface area contributed by atoms with Gasteiger partial charge >= 0.3 is 0 Å². The third-order valence-electron chi connectivity index (χ3n) is 4.72. The molecule has 0 spiro atoms. The van der Waals surface area contributed by atoms with E-state index in [9.17, 15) is 4.79 Å². The van der Waals surface area contributed by atoms with Crippen molar-refractivity contribution in [1.29, 1.82) is 0 Å². The van der Waals surface area contributed by atoms with Gasteiger partial charge in [0.2, 0.25) is 5.91 Å². The number of carbonyl (C=O) groups excluding carboxylic acids is 1. The molecule has 24 heavy (non-hydrogen) atoms. The van der Waals surface area contributed by atoms with Crippen molar-refractivity contribution in [2.45, 2.75) is 31.7 Å². The summed E-state index contributed by atoms with van der Waals surface area (Å²) in [7, 11) is 5.97. The van der Waals surface area contributed by atoms with E-state index in [0.717, 1.165) is 42.8 Å². The van der Waals surface area contributed by atoms with Gasteiger partial charge in [-0.15, -0.1) is 5.10 Å². The van der Waals surface area contributed by atoms with E-state index in [-0.39, 0.29) is 11.8 Å². The molecule has 0 saturated carbocycles. The SMILES string of the molecule is CN(C)CCOC[C@@H]1CN(C(=O)C2=CCCC2)Cc2nnn(C)c21. The molecule has 7 nitrogen and oxygen atoms in total. The van der Waals surface area contributed by atoms with E-state index >= 15 is 0 Å². The molecule has 1 amide bonds. The standard InChI is InChI=1S/C17H27N5O2/c1-20(2)8-9-24-12-14-10-22(17(23)13-6-4-5-7-13)11-15-16(14)21(3)19-18-15/h6,14H,4-5,7-12H2,1-3H3/t14-/m0/s1. The highest BCUT2D eigenvalue weighted by molar-refractivity contribution is 5.94. The Morgan fingerprint density at radius 1 is 1.46 bits per heavy atom. The molecule has 0 unspecified atom stereocenters. The van der Waals surface area contributed by atoms with Gasteiger partial charge in [-0.2, -0.15) is 0 Å². The first kappa shape index (κ1) is 17.1. The molecule has 1 aromatic heterocycles. The highest BCUT2D eigenvalue weighted by Crippen LogP contribution is 2.29. The molecule has 132 valence electrons. The van der Waals surface area contributed by atoms with Gasteiger partial charge in [0.15, 0.2) is 0 Å². The first-order valence-electron chi connectivity index (χ1n) is 8.65. The van der Waals surface area contributed by atoms with Gasteiger partial charge in [0.05, 0.1) is 25.5 Å². The molecular formula is C17H27N5O2. The zero-order valence-electron chi connectivity index (χ0n) is 14.9. The van der Waals surface area contributed by atoms with Crippen LogP contribution in [0.25, 0.3) is 0 Å². The second-order valence-electron chi connectivity index (χ2n) is 6.93. The molecule has 0 fully saturated rings. The zero-order chi connectivity index (χ0) is 17.1. The Balaban J connectivity index is 1.69. The summed E-state index contributed by atoms with van der Waals surface area (Å²) in [6, 6.07) is 0. The van der Waals surface area contributed by atoms with Crippen LogP contribution in [0.5, 0.6) is 0 Å². The van der Waals surface area contributed by atoms with E-state index < -0.39 is 0 Å². The lowest BCUT2D eigenvalue weighted by Gasteiger charge is -2.32. The Morgan fingerprint density at radius 3 is 3.00 bits per heavy atom. The van der Waals surface area contributed by atoms with E-state index in [1.165, 1.54) is 0 Å². The Bertz CT molecular complexity index is 622. The number of rotatable bonds is 6. The number of aromatic nitrogens is 3. The lowest BCUT2D eigenvalue weighted by molar-refractivity contribution is -0.128. The summed E-state index contributed by atoms with van der Waals surface area (Å²) >= 11 is 0. The van der Waals surface area contributed by atoms with Crippen molar-refractivity contribution < 1.29 is 9.53 Å².